The van der Waals surface area contributed by atoms with Gasteiger partial charge in [0.1, 0.15) is 0 Å². The molecule has 66 valence electrons. The van der Waals surface area contributed by atoms with Crippen molar-refractivity contribution in [3.05, 3.63) is 21.9 Å². The maximum absolute atomic E-state index is 10.5. The molecule has 0 atom stereocenters. The molecule has 0 fully saturated rings. The van der Waals surface area contributed by atoms with E-state index < -0.39 is 5.97 Å². The van der Waals surface area contributed by atoms with Gasteiger partial charge >= 0.3 is 5.97 Å². The van der Waals surface area contributed by atoms with Gasteiger partial charge in [-0.3, -0.25) is 0 Å². The lowest BCUT2D eigenvalue weighted by Gasteiger charge is -1.95. The molecule has 0 aliphatic rings. The third kappa shape index (κ3) is 2.32. The van der Waals surface area contributed by atoms with Gasteiger partial charge in [-0.05, 0) is 12.6 Å². The SMILES string of the molecule is CCNCc1cc(C(=O)O)cs1. The molecular formula is C8H11NO2S. The molecule has 12 heavy (non-hydrogen) atoms. The smallest absolute Gasteiger partial charge is 0.336 e. The third-order valence-electron chi connectivity index (χ3n) is 1.45. The first-order valence-corrected chi connectivity index (χ1v) is 4.63. The van der Waals surface area contributed by atoms with E-state index in [2.05, 4.69) is 5.32 Å². The summed E-state index contributed by atoms with van der Waals surface area (Å²) in [6, 6.07) is 1.70. The highest BCUT2D eigenvalue weighted by atomic mass is 32.1. The molecule has 0 spiro atoms. The number of carbonyl (C=O) groups is 1. The molecule has 1 rings (SSSR count). The zero-order chi connectivity index (χ0) is 8.97. The van der Waals surface area contributed by atoms with Crippen LogP contribution < -0.4 is 5.32 Å². The van der Waals surface area contributed by atoms with Crippen LogP contribution >= 0.6 is 11.3 Å². The Balaban J connectivity index is 2.58. The number of hydrogen-bond acceptors (Lipinski definition) is 3. The Morgan fingerprint density at radius 2 is 2.50 bits per heavy atom. The summed E-state index contributed by atoms with van der Waals surface area (Å²) < 4.78 is 0. The van der Waals surface area contributed by atoms with Crippen LogP contribution in [-0.2, 0) is 6.54 Å². The van der Waals surface area contributed by atoms with E-state index in [9.17, 15) is 4.79 Å². The summed E-state index contributed by atoms with van der Waals surface area (Å²) in [5.41, 5.74) is 0.382. The molecule has 1 aromatic rings. The van der Waals surface area contributed by atoms with Gasteiger partial charge in [0.15, 0.2) is 0 Å². The average molecular weight is 185 g/mol. The van der Waals surface area contributed by atoms with Crippen LogP contribution in [0, 0.1) is 0 Å². The normalized spacial score (nSPS) is 10.1. The molecule has 3 nitrogen and oxygen atoms in total. The summed E-state index contributed by atoms with van der Waals surface area (Å²) in [7, 11) is 0. The fraction of sp³-hybridized carbons (Fsp3) is 0.375. The summed E-state index contributed by atoms with van der Waals surface area (Å²) in [5.74, 6) is -0.853. The van der Waals surface area contributed by atoms with Crippen LogP contribution in [0.2, 0.25) is 0 Å². The summed E-state index contributed by atoms with van der Waals surface area (Å²) >= 11 is 1.47. The van der Waals surface area contributed by atoms with E-state index in [-0.39, 0.29) is 0 Å². The maximum Gasteiger partial charge on any atom is 0.336 e. The van der Waals surface area contributed by atoms with Crippen LogP contribution in [0.4, 0.5) is 0 Å². The number of thiophene rings is 1. The molecule has 1 heterocycles. The standard InChI is InChI=1S/C8H11NO2S/c1-2-9-4-7-3-6(5-12-7)8(10)11/h3,5,9H,2,4H2,1H3,(H,10,11). The van der Waals surface area contributed by atoms with Crippen molar-refractivity contribution in [2.75, 3.05) is 6.54 Å². The van der Waals surface area contributed by atoms with Crippen LogP contribution in [0.5, 0.6) is 0 Å². The lowest BCUT2D eigenvalue weighted by Crippen LogP contribution is -2.10. The zero-order valence-electron chi connectivity index (χ0n) is 6.83. The van der Waals surface area contributed by atoms with Gasteiger partial charge in [0.2, 0.25) is 0 Å². The van der Waals surface area contributed by atoms with Crippen LogP contribution in [0.3, 0.4) is 0 Å². The third-order valence-corrected chi connectivity index (χ3v) is 2.39. The number of aromatic carboxylic acids is 1. The molecule has 0 unspecified atom stereocenters. The minimum atomic E-state index is -0.853. The van der Waals surface area contributed by atoms with Gasteiger partial charge in [0.05, 0.1) is 5.56 Å². The van der Waals surface area contributed by atoms with Crippen LogP contribution in [-0.4, -0.2) is 17.6 Å². The molecule has 0 amide bonds. The topological polar surface area (TPSA) is 49.3 Å². The number of nitrogens with one attached hydrogen (secondary N) is 1. The first-order valence-electron chi connectivity index (χ1n) is 3.75. The monoisotopic (exact) mass is 185 g/mol. The van der Waals surface area contributed by atoms with E-state index in [0.717, 1.165) is 18.0 Å². The fourth-order valence-electron chi connectivity index (χ4n) is 0.834. The number of carboxylic acid groups (broad SMARTS) is 1. The predicted octanol–water partition coefficient (Wildman–Crippen LogP) is 1.56. The molecule has 0 saturated heterocycles. The summed E-state index contributed by atoms with van der Waals surface area (Å²) in [5, 5.41) is 13.4. The Morgan fingerprint density at radius 1 is 1.75 bits per heavy atom. The molecule has 0 saturated carbocycles. The van der Waals surface area contributed by atoms with Crippen LogP contribution in [0.25, 0.3) is 0 Å². The Kier molecular flexibility index (Phi) is 3.25. The van der Waals surface area contributed by atoms with E-state index in [1.54, 1.807) is 11.4 Å². The Hall–Kier alpha value is -0.870. The molecule has 0 aliphatic heterocycles. The summed E-state index contributed by atoms with van der Waals surface area (Å²) in [6.45, 7) is 3.68. The van der Waals surface area contributed by atoms with Gasteiger partial charge in [0.25, 0.3) is 0 Å². The van der Waals surface area contributed by atoms with E-state index in [0.29, 0.717) is 5.56 Å². The Labute approximate surface area is 75.0 Å². The average Bonchev–Trinajstić information content (AvgIpc) is 2.48. The number of rotatable bonds is 4. The largest absolute Gasteiger partial charge is 0.478 e. The van der Waals surface area contributed by atoms with Gasteiger partial charge in [-0.25, -0.2) is 4.79 Å². The minimum absolute atomic E-state index is 0.382. The molecule has 4 heteroatoms. The summed E-state index contributed by atoms with van der Waals surface area (Å²) in [4.78, 5) is 11.5. The van der Waals surface area contributed by atoms with Crippen molar-refractivity contribution < 1.29 is 9.90 Å². The second-order valence-electron chi connectivity index (χ2n) is 2.39. The van der Waals surface area contributed by atoms with Crippen molar-refractivity contribution >= 4 is 17.3 Å². The van der Waals surface area contributed by atoms with Crippen molar-refractivity contribution in [3.8, 4) is 0 Å². The van der Waals surface area contributed by atoms with Gasteiger partial charge in [0, 0.05) is 16.8 Å². The lowest BCUT2D eigenvalue weighted by atomic mass is 10.3. The first-order chi connectivity index (χ1) is 5.74. The highest BCUT2D eigenvalue weighted by Crippen LogP contribution is 2.13. The van der Waals surface area contributed by atoms with Crippen molar-refractivity contribution in [3.63, 3.8) is 0 Å². The second kappa shape index (κ2) is 4.23. The van der Waals surface area contributed by atoms with Crippen molar-refractivity contribution in [2.24, 2.45) is 0 Å². The molecule has 0 aromatic carbocycles. The van der Waals surface area contributed by atoms with E-state index in [1.807, 2.05) is 6.92 Å². The van der Waals surface area contributed by atoms with E-state index in [4.69, 9.17) is 5.11 Å². The molecule has 2 N–H and O–H groups in total. The number of carboxylic acids is 1. The van der Waals surface area contributed by atoms with E-state index >= 15 is 0 Å². The second-order valence-corrected chi connectivity index (χ2v) is 3.38. The highest BCUT2D eigenvalue weighted by Gasteiger charge is 2.05. The molecule has 0 bridgehead atoms. The van der Waals surface area contributed by atoms with Crippen molar-refractivity contribution in [2.45, 2.75) is 13.5 Å². The molecular weight excluding hydrogens is 174 g/mol. The van der Waals surface area contributed by atoms with Crippen molar-refractivity contribution in [1.82, 2.24) is 5.32 Å². The van der Waals surface area contributed by atoms with Crippen LogP contribution in [0.1, 0.15) is 22.2 Å². The predicted molar refractivity (Wildman–Crippen MR) is 48.7 cm³/mol. The molecule has 0 aliphatic carbocycles. The van der Waals surface area contributed by atoms with Gasteiger partial charge in [-0.2, -0.15) is 0 Å². The van der Waals surface area contributed by atoms with Crippen LogP contribution in [0.15, 0.2) is 11.4 Å². The molecule has 1 aromatic heterocycles. The van der Waals surface area contributed by atoms with Gasteiger partial charge < -0.3 is 10.4 Å². The minimum Gasteiger partial charge on any atom is -0.478 e. The van der Waals surface area contributed by atoms with E-state index in [1.165, 1.54) is 11.3 Å². The Bertz CT molecular complexity index is 270. The summed E-state index contributed by atoms with van der Waals surface area (Å²) in [6.07, 6.45) is 0. The zero-order valence-corrected chi connectivity index (χ0v) is 7.65. The number of hydrogen-bond donors (Lipinski definition) is 2. The van der Waals surface area contributed by atoms with Crippen molar-refractivity contribution in [1.29, 1.82) is 0 Å². The quantitative estimate of drug-likeness (QED) is 0.748. The highest BCUT2D eigenvalue weighted by molar-refractivity contribution is 7.10. The van der Waals surface area contributed by atoms with Gasteiger partial charge in [-0.1, -0.05) is 6.92 Å². The Morgan fingerprint density at radius 3 is 3.00 bits per heavy atom. The molecule has 0 radical (unpaired) electrons. The maximum atomic E-state index is 10.5. The lowest BCUT2D eigenvalue weighted by molar-refractivity contribution is 0.0697. The fourth-order valence-corrected chi connectivity index (χ4v) is 1.66. The van der Waals surface area contributed by atoms with Gasteiger partial charge in [-0.15, -0.1) is 11.3 Å². The first kappa shape index (κ1) is 9.22.